The molecule has 3 aliphatic rings. The highest BCUT2D eigenvalue weighted by molar-refractivity contribution is 5.65. The SMILES string of the molecule is CC.CC1CCC2(C)C(CC(O)C3(C)Oc4cc(-c5cccnc5)oc(=O)c4C(N=O)C23)C1C.COC(C)=O. The summed E-state index contributed by atoms with van der Waals surface area (Å²) in [5, 5.41) is 14.8. The van der Waals surface area contributed by atoms with Crippen LogP contribution in [0.25, 0.3) is 11.3 Å². The van der Waals surface area contributed by atoms with Crippen LogP contribution in [0.1, 0.15) is 79.3 Å². The van der Waals surface area contributed by atoms with Crippen molar-refractivity contribution >= 4 is 5.97 Å². The van der Waals surface area contributed by atoms with Crippen molar-refractivity contribution < 1.29 is 23.8 Å². The molecule has 3 heterocycles. The van der Waals surface area contributed by atoms with Gasteiger partial charge in [0.25, 0.3) is 0 Å². The maximum Gasteiger partial charge on any atom is 0.345 e. The standard InChI is InChI=1S/C25H30N2O5.C3H6O2.C2H6/c1-13-7-8-24(3)16(14(13)2)10-19(28)25(4)22(24)21(27-30)20-18(32-25)11-17(31-23(20)29)15-6-5-9-26-12-15;1-3(4)5-2;1-2/h5-6,9,11-14,16,19,21-22,28H,7-8,10H2,1-4H3;1-2H3;1-2H3. The zero-order chi connectivity index (χ0) is 29.1. The van der Waals surface area contributed by atoms with Crippen molar-refractivity contribution in [2.45, 2.75) is 85.5 Å². The Morgan fingerprint density at radius 2 is 1.92 bits per heavy atom. The fourth-order valence-electron chi connectivity index (χ4n) is 7.00. The summed E-state index contributed by atoms with van der Waals surface area (Å²) < 4.78 is 16.2. The van der Waals surface area contributed by atoms with Gasteiger partial charge in [-0.15, -0.1) is 0 Å². The number of rotatable bonds is 2. The van der Waals surface area contributed by atoms with E-state index in [0.717, 1.165) is 12.8 Å². The molecule has 8 unspecified atom stereocenters. The number of hydrogen-bond donors (Lipinski definition) is 1. The third-order valence-electron chi connectivity index (χ3n) is 9.22. The lowest BCUT2D eigenvalue weighted by Crippen LogP contribution is -2.67. The summed E-state index contributed by atoms with van der Waals surface area (Å²) in [5.74, 6) is 1.06. The van der Waals surface area contributed by atoms with Gasteiger partial charge in [0.05, 0.1) is 13.2 Å². The Hall–Kier alpha value is -3.07. The van der Waals surface area contributed by atoms with Crippen molar-refractivity contribution in [3.63, 3.8) is 0 Å². The molecule has 2 aromatic rings. The number of fused-ring (bicyclic) bond motifs is 4. The molecule has 2 aromatic heterocycles. The number of aliphatic hydroxyl groups is 1. The van der Waals surface area contributed by atoms with Crippen LogP contribution in [0, 0.1) is 34.0 Å². The van der Waals surface area contributed by atoms with E-state index in [-0.39, 0.29) is 28.6 Å². The predicted molar refractivity (Wildman–Crippen MR) is 148 cm³/mol. The van der Waals surface area contributed by atoms with E-state index in [1.165, 1.54) is 14.0 Å². The molecule has 0 aromatic carbocycles. The van der Waals surface area contributed by atoms with E-state index in [9.17, 15) is 19.6 Å². The average molecular weight is 543 g/mol. The molecule has 0 saturated heterocycles. The van der Waals surface area contributed by atoms with Gasteiger partial charge < -0.3 is 19.0 Å². The largest absolute Gasteiger partial charge is 0.484 e. The highest BCUT2D eigenvalue weighted by atomic mass is 16.5. The third-order valence-corrected chi connectivity index (χ3v) is 9.22. The Bertz CT molecular complexity index is 1220. The van der Waals surface area contributed by atoms with E-state index in [0.29, 0.717) is 29.6 Å². The molecule has 8 atom stereocenters. The van der Waals surface area contributed by atoms with Crippen LogP contribution in [0.3, 0.4) is 0 Å². The van der Waals surface area contributed by atoms with Gasteiger partial charge >= 0.3 is 11.6 Å². The van der Waals surface area contributed by atoms with Crippen molar-refractivity contribution in [1.29, 1.82) is 0 Å². The van der Waals surface area contributed by atoms with Crippen molar-refractivity contribution in [1.82, 2.24) is 4.98 Å². The molecule has 39 heavy (non-hydrogen) atoms. The number of carbonyl (C=O) groups excluding carboxylic acids is 1. The first kappa shape index (κ1) is 30.5. The van der Waals surface area contributed by atoms with E-state index in [2.05, 4.69) is 35.7 Å². The van der Waals surface area contributed by atoms with E-state index in [4.69, 9.17) is 9.15 Å². The average Bonchev–Trinajstić information content (AvgIpc) is 2.93. The molecule has 9 heteroatoms. The summed E-state index contributed by atoms with van der Waals surface area (Å²) in [7, 11) is 1.35. The second-order valence-electron chi connectivity index (χ2n) is 11.2. The predicted octanol–water partition coefficient (Wildman–Crippen LogP) is 5.94. The number of aliphatic hydroxyl groups excluding tert-OH is 1. The van der Waals surface area contributed by atoms with Crippen molar-refractivity contribution in [2.75, 3.05) is 7.11 Å². The van der Waals surface area contributed by atoms with Crippen LogP contribution in [-0.4, -0.2) is 34.9 Å². The Morgan fingerprint density at radius 1 is 1.26 bits per heavy atom. The van der Waals surface area contributed by atoms with Crippen molar-refractivity contribution in [2.24, 2.45) is 34.3 Å². The monoisotopic (exact) mass is 542 g/mol. The maximum absolute atomic E-state index is 13.1. The summed E-state index contributed by atoms with van der Waals surface area (Å²) in [6.45, 7) is 13.9. The lowest BCUT2D eigenvalue weighted by molar-refractivity contribution is -0.214. The fourth-order valence-corrected chi connectivity index (χ4v) is 7.00. The Morgan fingerprint density at radius 3 is 2.49 bits per heavy atom. The van der Waals surface area contributed by atoms with E-state index in [1.807, 2.05) is 20.8 Å². The topological polar surface area (TPSA) is 128 Å². The third kappa shape index (κ3) is 5.38. The van der Waals surface area contributed by atoms with E-state index >= 15 is 0 Å². The van der Waals surface area contributed by atoms with Crippen LogP contribution in [-0.2, 0) is 9.53 Å². The van der Waals surface area contributed by atoms with E-state index < -0.39 is 29.3 Å². The summed E-state index contributed by atoms with van der Waals surface area (Å²) in [4.78, 5) is 39.1. The molecule has 214 valence electrons. The molecule has 0 bridgehead atoms. The summed E-state index contributed by atoms with van der Waals surface area (Å²) in [5.41, 5.74) is -1.15. The van der Waals surface area contributed by atoms with Gasteiger partial charge in [-0.2, -0.15) is 4.91 Å². The van der Waals surface area contributed by atoms with Gasteiger partial charge in [0.1, 0.15) is 28.7 Å². The maximum atomic E-state index is 13.1. The van der Waals surface area contributed by atoms with Gasteiger partial charge in [0.15, 0.2) is 0 Å². The van der Waals surface area contributed by atoms with Crippen LogP contribution < -0.4 is 10.4 Å². The minimum absolute atomic E-state index is 0.162. The Balaban J connectivity index is 0.000000542. The quantitative estimate of drug-likeness (QED) is 0.365. The van der Waals surface area contributed by atoms with Crippen LogP contribution in [0.15, 0.2) is 45.0 Å². The summed E-state index contributed by atoms with van der Waals surface area (Å²) >= 11 is 0. The first-order valence-corrected chi connectivity index (χ1v) is 13.8. The molecule has 9 nitrogen and oxygen atoms in total. The molecule has 2 aliphatic carbocycles. The first-order chi connectivity index (χ1) is 18.5. The highest BCUT2D eigenvalue weighted by Gasteiger charge is 2.66. The van der Waals surface area contributed by atoms with Crippen molar-refractivity contribution in [3.8, 4) is 17.1 Å². The number of pyridine rings is 1. The summed E-state index contributed by atoms with van der Waals surface area (Å²) in [6, 6.07) is 4.22. The van der Waals surface area contributed by atoms with Crippen LogP contribution >= 0.6 is 0 Å². The second-order valence-corrected chi connectivity index (χ2v) is 11.2. The van der Waals surface area contributed by atoms with Crippen LogP contribution in [0.2, 0.25) is 0 Å². The normalized spacial score (nSPS) is 34.2. The number of ether oxygens (including phenoxy) is 2. The molecular formula is C30H42N2O7. The molecule has 0 radical (unpaired) electrons. The fraction of sp³-hybridized carbons (Fsp3) is 0.633. The lowest BCUT2D eigenvalue weighted by Gasteiger charge is -2.63. The molecule has 2 fully saturated rings. The second kappa shape index (κ2) is 12.0. The first-order valence-electron chi connectivity index (χ1n) is 13.8. The summed E-state index contributed by atoms with van der Waals surface area (Å²) in [6.07, 6.45) is 5.00. The van der Waals surface area contributed by atoms with Gasteiger partial charge in [0, 0.05) is 36.9 Å². The van der Waals surface area contributed by atoms with Gasteiger partial charge in [-0.25, -0.2) is 4.79 Å². The lowest BCUT2D eigenvalue weighted by atomic mass is 9.45. The molecule has 1 N–H and O–H groups in total. The van der Waals surface area contributed by atoms with E-state index in [1.54, 1.807) is 30.6 Å². The minimum atomic E-state index is -1.03. The van der Waals surface area contributed by atoms with Crippen molar-refractivity contribution in [3.05, 3.63) is 51.5 Å². The number of methoxy groups -OCH3 is 1. The molecule has 0 amide bonds. The number of carbonyl (C=O) groups is 1. The van der Waals surface area contributed by atoms with Gasteiger partial charge in [-0.05, 0) is 61.5 Å². The number of nitrogens with zero attached hydrogens (tertiary/aromatic N) is 2. The Labute approximate surface area is 230 Å². The number of esters is 1. The number of hydrogen-bond acceptors (Lipinski definition) is 9. The minimum Gasteiger partial charge on any atom is -0.484 e. The smallest absolute Gasteiger partial charge is 0.345 e. The van der Waals surface area contributed by atoms with Gasteiger partial charge in [0.2, 0.25) is 0 Å². The highest BCUT2D eigenvalue weighted by Crippen LogP contribution is 2.65. The zero-order valence-electron chi connectivity index (χ0n) is 24.3. The van der Waals surface area contributed by atoms with Crippen LogP contribution in [0.4, 0.5) is 0 Å². The zero-order valence-corrected chi connectivity index (χ0v) is 24.3. The molecule has 5 rings (SSSR count). The molecule has 1 aliphatic heterocycles. The van der Waals surface area contributed by atoms with Gasteiger partial charge in [-0.1, -0.05) is 39.8 Å². The molecule has 0 spiro atoms. The van der Waals surface area contributed by atoms with Crippen LogP contribution in [0.5, 0.6) is 5.75 Å². The Kier molecular flexibility index (Phi) is 9.36. The van der Waals surface area contributed by atoms with Gasteiger partial charge in [-0.3, -0.25) is 9.78 Å². The number of nitroso groups, excluding NO2 is 1. The molecular weight excluding hydrogens is 500 g/mol. The molecule has 2 saturated carbocycles. The number of aromatic nitrogens is 1.